The van der Waals surface area contributed by atoms with Crippen molar-refractivity contribution < 1.29 is 17.5 Å². The van der Waals surface area contributed by atoms with E-state index in [1.807, 2.05) is 12.1 Å². The number of likely N-dealkylation sites (tertiary alicyclic amines) is 1. The molecule has 156 valence electrons. The van der Waals surface area contributed by atoms with Crippen LogP contribution in [-0.4, -0.2) is 60.9 Å². The van der Waals surface area contributed by atoms with Crippen LogP contribution in [0.25, 0.3) is 0 Å². The highest BCUT2D eigenvalue weighted by molar-refractivity contribution is 7.89. The number of pyridine rings is 1. The summed E-state index contributed by atoms with van der Waals surface area (Å²) in [5, 5.41) is 0. The lowest BCUT2D eigenvalue weighted by atomic mass is 10.00. The number of rotatable bonds is 5. The average molecular weight is 420 g/mol. The maximum atomic E-state index is 13.1. The Labute approximate surface area is 171 Å². The average Bonchev–Trinajstić information content (AvgIpc) is 2.75. The van der Waals surface area contributed by atoms with Gasteiger partial charge >= 0.3 is 0 Å². The molecule has 0 spiro atoms. The van der Waals surface area contributed by atoms with E-state index in [9.17, 15) is 12.8 Å². The van der Waals surface area contributed by atoms with Crippen molar-refractivity contribution in [2.75, 3.05) is 26.2 Å². The van der Waals surface area contributed by atoms with Crippen LogP contribution < -0.4 is 4.74 Å². The molecule has 4 rings (SSSR count). The van der Waals surface area contributed by atoms with Crippen LogP contribution in [0.3, 0.4) is 0 Å². The van der Waals surface area contributed by atoms with Gasteiger partial charge in [-0.2, -0.15) is 4.31 Å². The Balaban J connectivity index is 1.27. The minimum Gasteiger partial charge on any atom is -0.490 e. The van der Waals surface area contributed by atoms with Crippen LogP contribution in [0.5, 0.6) is 5.75 Å². The SMILES string of the molecule is O=S(=O)(c1ccc(F)cc1)N1CCC(N2CCC(Oc3ccncc3)CC2)CC1. The van der Waals surface area contributed by atoms with E-state index in [4.69, 9.17) is 4.74 Å². The minimum absolute atomic E-state index is 0.159. The largest absolute Gasteiger partial charge is 0.490 e. The highest BCUT2D eigenvalue weighted by Gasteiger charge is 2.33. The number of piperidine rings is 2. The smallest absolute Gasteiger partial charge is 0.243 e. The molecule has 29 heavy (non-hydrogen) atoms. The van der Waals surface area contributed by atoms with Gasteiger partial charge in [-0.25, -0.2) is 12.8 Å². The van der Waals surface area contributed by atoms with Crippen LogP contribution in [0.2, 0.25) is 0 Å². The molecule has 2 aliphatic heterocycles. The van der Waals surface area contributed by atoms with Gasteiger partial charge in [0.2, 0.25) is 10.0 Å². The Morgan fingerprint density at radius 3 is 2.14 bits per heavy atom. The molecule has 8 heteroatoms. The second-order valence-corrected chi connectivity index (χ2v) is 9.56. The second-order valence-electron chi connectivity index (χ2n) is 7.63. The number of benzene rings is 1. The van der Waals surface area contributed by atoms with Crippen molar-refractivity contribution in [2.24, 2.45) is 0 Å². The minimum atomic E-state index is -3.55. The van der Waals surface area contributed by atoms with E-state index in [1.165, 1.54) is 28.6 Å². The highest BCUT2D eigenvalue weighted by Crippen LogP contribution is 2.26. The topological polar surface area (TPSA) is 62.7 Å². The summed E-state index contributed by atoms with van der Waals surface area (Å²) in [6.07, 6.45) is 7.25. The third-order valence-electron chi connectivity index (χ3n) is 5.82. The molecule has 6 nitrogen and oxygen atoms in total. The molecular formula is C21H26FN3O3S. The van der Waals surface area contributed by atoms with E-state index in [2.05, 4.69) is 9.88 Å². The lowest BCUT2D eigenvalue weighted by Crippen LogP contribution is -2.50. The van der Waals surface area contributed by atoms with Gasteiger partial charge in [-0.1, -0.05) is 0 Å². The molecule has 0 N–H and O–H groups in total. The molecule has 0 atom stereocenters. The van der Waals surface area contributed by atoms with Crippen LogP contribution in [-0.2, 0) is 10.0 Å². The summed E-state index contributed by atoms with van der Waals surface area (Å²) in [5.74, 6) is 0.428. The summed E-state index contributed by atoms with van der Waals surface area (Å²) in [6.45, 7) is 2.92. The van der Waals surface area contributed by atoms with Crippen molar-refractivity contribution in [3.8, 4) is 5.75 Å². The van der Waals surface area contributed by atoms with Crippen molar-refractivity contribution in [1.29, 1.82) is 0 Å². The Hall–Kier alpha value is -2.03. The Morgan fingerprint density at radius 1 is 0.897 bits per heavy atom. The van der Waals surface area contributed by atoms with E-state index in [1.54, 1.807) is 12.4 Å². The summed E-state index contributed by atoms with van der Waals surface area (Å²) in [7, 11) is -3.55. The van der Waals surface area contributed by atoms with Gasteiger partial charge in [-0.05, 0) is 62.1 Å². The second kappa shape index (κ2) is 8.77. The van der Waals surface area contributed by atoms with Gasteiger partial charge in [-0.3, -0.25) is 4.98 Å². The number of hydrogen-bond acceptors (Lipinski definition) is 5. The fraction of sp³-hybridized carbons (Fsp3) is 0.476. The standard InChI is InChI=1S/C21H26FN3O3S/c22-17-1-3-21(4-2-17)29(26,27)25-15-7-18(8-16-25)24-13-9-20(10-14-24)28-19-5-11-23-12-6-19/h1-6,11-12,18,20H,7-10,13-16H2. The number of sulfonamides is 1. The van der Waals surface area contributed by atoms with Crippen molar-refractivity contribution in [2.45, 2.75) is 42.7 Å². The summed E-state index contributed by atoms with van der Waals surface area (Å²) in [4.78, 5) is 6.63. The lowest BCUT2D eigenvalue weighted by molar-refractivity contribution is 0.0585. The molecule has 2 aromatic rings. The molecule has 1 aromatic carbocycles. The zero-order valence-corrected chi connectivity index (χ0v) is 17.1. The lowest BCUT2D eigenvalue weighted by Gasteiger charge is -2.41. The number of nitrogens with zero attached hydrogens (tertiary/aromatic N) is 3. The molecule has 0 bridgehead atoms. The number of hydrogen-bond donors (Lipinski definition) is 0. The zero-order valence-electron chi connectivity index (χ0n) is 16.3. The fourth-order valence-corrected chi connectivity index (χ4v) is 5.64. The summed E-state index contributed by atoms with van der Waals surface area (Å²) < 4.78 is 46.2. The zero-order chi connectivity index (χ0) is 20.3. The van der Waals surface area contributed by atoms with Gasteiger partial charge in [0.25, 0.3) is 0 Å². The van der Waals surface area contributed by atoms with Crippen LogP contribution in [0.4, 0.5) is 4.39 Å². The maximum absolute atomic E-state index is 13.1. The van der Waals surface area contributed by atoms with Gasteiger partial charge in [0.05, 0.1) is 4.90 Å². The van der Waals surface area contributed by atoms with Gasteiger partial charge in [-0.15, -0.1) is 0 Å². The predicted octanol–water partition coefficient (Wildman–Crippen LogP) is 2.92. The van der Waals surface area contributed by atoms with Crippen molar-refractivity contribution in [3.63, 3.8) is 0 Å². The van der Waals surface area contributed by atoms with Crippen LogP contribution in [0, 0.1) is 5.82 Å². The van der Waals surface area contributed by atoms with Crippen molar-refractivity contribution >= 4 is 10.0 Å². The molecule has 3 heterocycles. The molecule has 0 amide bonds. The summed E-state index contributed by atoms with van der Waals surface area (Å²) in [5.41, 5.74) is 0. The van der Waals surface area contributed by atoms with Gasteiger partial charge < -0.3 is 9.64 Å². The molecule has 0 aliphatic carbocycles. The highest BCUT2D eigenvalue weighted by atomic mass is 32.2. The number of ether oxygens (including phenoxy) is 1. The first-order valence-electron chi connectivity index (χ1n) is 10.1. The molecule has 0 saturated carbocycles. The molecule has 2 aliphatic rings. The van der Waals surface area contributed by atoms with E-state index < -0.39 is 15.8 Å². The molecule has 2 saturated heterocycles. The van der Waals surface area contributed by atoms with Crippen LogP contribution in [0.15, 0.2) is 53.7 Å². The molecule has 2 fully saturated rings. The van der Waals surface area contributed by atoms with Crippen molar-refractivity contribution in [1.82, 2.24) is 14.2 Å². The quantitative estimate of drug-likeness (QED) is 0.746. The summed E-state index contributed by atoms with van der Waals surface area (Å²) >= 11 is 0. The molecule has 1 aromatic heterocycles. The first-order chi connectivity index (χ1) is 14.0. The third-order valence-corrected chi connectivity index (χ3v) is 7.73. The van der Waals surface area contributed by atoms with Gasteiger partial charge in [0, 0.05) is 44.6 Å². The monoisotopic (exact) mass is 419 g/mol. The Bertz CT molecular complexity index is 893. The molecule has 0 radical (unpaired) electrons. The normalized spacial score (nSPS) is 20.6. The third kappa shape index (κ3) is 4.76. The van der Waals surface area contributed by atoms with Crippen LogP contribution in [0.1, 0.15) is 25.7 Å². The van der Waals surface area contributed by atoms with Gasteiger partial charge in [0.15, 0.2) is 0 Å². The van der Waals surface area contributed by atoms with Crippen molar-refractivity contribution in [3.05, 3.63) is 54.6 Å². The van der Waals surface area contributed by atoms with E-state index in [-0.39, 0.29) is 11.0 Å². The maximum Gasteiger partial charge on any atom is 0.243 e. The van der Waals surface area contributed by atoms with Gasteiger partial charge in [0.1, 0.15) is 17.7 Å². The molecular weight excluding hydrogens is 393 g/mol. The first kappa shape index (κ1) is 20.3. The fourth-order valence-electron chi connectivity index (χ4n) is 4.17. The van der Waals surface area contributed by atoms with E-state index >= 15 is 0 Å². The number of aromatic nitrogens is 1. The van der Waals surface area contributed by atoms with Crippen LogP contribution >= 0.6 is 0 Å². The Kier molecular flexibility index (Phi) is 6.12. The van der Waals surface area contributed by atoms with E-state index in [0.717, 1.165) is 44.5 Å². The predicted molar refractivity (Wildman–Crippen MR) is 108 cm³/mol. The number of halogens is 1. The van der Waals surface area contributed by atoms with E-state index in [0.29, 0.717) is 19.1 Å². The Morgan fingerprint density at radius 2 is 1.52 bits per heavy atom. The summed E-state index contributed by atoms with van der Waals surface area (Å²) in [6, 6.07) is 9.22. The molecule has 0 unspecified atom stereocenters. The first-order valence-corrected chi connectivity index (χ1v) is 11.5.